The van der Waals surface area contributed by atoms with E-state index in [0.29, 0.717) is 5.91 Å². The monoisotopic (exact) mass is 285 g/mol. The summed E-state index contributed by atoms with van der Waals surface area (Å²) < 4.78 is 0. The molecule has 0 spiro atoms. The first-order valence-electron chi connectivity index (χ1n) is 8.44. The zero-order chi connectivity index (χ0) is 14.9. The van der Waals surface area contributed by atoms with E-state index in [-0.39, 0.29) is 5.41 Å². The lowest BCUT2D eigenvalue weighted by Gasteiger charge is -2.36. The summed E-state index contributed by atoms with van der Waals surface area (Å²) in [5.74, 6) is 1.98. The average Bonchev–Trinajstić information content (AvgIpc) is 3.28. The second kappa shape index (κ2) is 5.82. The zero-order valence-electron chi connectivity index (χ0n) is 13.3. The van der Waals surface area contributed by atoms with Crippen molar-refractivity contribution >= 4 is 5.91 Å². The number of likely N-dealkylation sites (tertiary alicyclic amines) is 1. The summed E-state index contributed by atoms with van der Waals surface area (Å²) in [6.07, 6.45) is 5.45. The first-order valence-corrected chi connectivity index (χ1v) is 8.44. The molecular weight excluding hydrogens is 258 g/mol. The fraction of sp³-hybridized carbons (Fsp3) is 0.632. The maximum absolute atomic E-state index is 12.9. The van der Waals surface area contributed by atoms with Crippen molar-refractivity contribution < 1.29 is 4.79 Å². The summed E-state index contributed by atoms with van der Waals surface area (Å²) in [6.45, 7) is 6.55. The van der Waals surface area contributed by atoms with Crippen molar-refractivity contribution in [3.8, 4) is 0 Å². The van der Waals surface area contributed by atoms with Crippen molar-refractivity contribution in [3.63, 3.8) is 0 Å². The third kappa shape index (κ3) is 3.14. The molecule has 21 heavy (non-hydrogen) atoms. The van der Waals surface area contributed by atoms with Gasteiger partial charge in [0.15, 0.2) is 0 Å². The third-order valence-electron chi connectivity index (χ3n) is 5.46. The van der Waals surface area contributed by atoms with E-state index in [9.17, 15) is 4.79 Å². The van der Waals surface area contributed by atoms with Crippen LogP contribution in [-0.4, -0.2) is 23.9 Å². The molecule has 0 atom stereocenters. The Morgan fingerprint density at radius 3 is 2.33 bits per heavy atom. The highest BCUT2D eigenvalue weighted by atomic mass is 16.2. The van der Waals surface area contributed by atoms with E-state index in [1.165, 1.54) is 18.4 Å². The highest BCUT2D eigenvalue weighted by molar-refractivity contribution is 5.85. The van der Waals surface area contributed by atoms with Gasteiger partial charge in [-0.3, -0.25) is 4.79 Å². The predicted octanol–water partition coefficient (Wildman–Crippen LogP) is 3.90. The standard InChI is InChI=1S/C19H27NO/c1-15(2)17-8-12-20(13-9-17)18(21)19(10-11-19)14-16-6-4-3-5-7-16/h3-7,15,17H,8-14H2,1-2H3. The molecule has 0 aromatic heterocycles. The molecular formula is C19H27NO. The summed E-state index contributed by atoms with van der Waals surface area (Å²) in [5, 5.41) is 0. The van der Waals surface area contributed by atoms with Crippen LogP contribution >= 0.6 is 0 Å². The van der Waals surface area contributed by atoms with Crippen molar-refractivity contribution in [2.75, 3.05) is 13.1 Å². The van der Waals surface area contributed by atoms with Crippen molar-refractivity contribution in [1.82, 2.24) is 4.90 Å². The Labute approximate surface area is 128 Å². The molecule has 1 aromatic carbocycles. The first-order chi connectivity index (χ1) is 10.1. The highest BCUT2D eigenvalue weighted by Crippen LogP contribution is 2.50. The minimum absolute atomic E-state index is 0.0635. The molecule has 2 nitrogen and oxygen atoms in total. The van der Waals surface area contributed by atoms with Crippen LogP contribution < -0.4 is 0 Å². The fourth-order valence-electron chi connectivity index (χ4n) is 3.71. The van der Waals surface area contributed by atoms with Gasteiger partial charge in [-0.05, 0) is 49.5 Å². The van der Waals surface area contributed by atoms with E-state index >= 15 is 0 Å². The van der Waals surface area contributed by atoms with E-state index < -0.39 is 0 Å². The van der Waals surface area contributed by atoms with Crippen LogP contribution in [-0.2, 0) is 11.2 Å². The molecule has 0 unspecified atom stereocenters. The second-order valence-electron chi connectivity index (χ2n) is 7.32. The van der Waals surface area contributed by atoms with Crippen LogP contribution in [0.5, 0.6) is 0 Å². The molecule has 114 valence electrons. The molecule has 0 bridgehead atoms. The van der Waals surface area contributed by atoms with Gasteiger partial charge in [0.05, 0.1) is 5.41 Å². The summed E-state index contributed by atoms with van der Waals surface area (Å²) >= 11 is 0. The Bertz CT molecular complexity index is 482. The van der Waals surface area contributed by atoms with Crippen LogP contribution in [0.4, 0.5) is 0 Å². The molecule has 1 saturated heterocycles. The van der Waals surface area contributed by atoms with Crippen LogP contribution in [0.2, 0.25) is 0 Å². The van der Waals surface area contributed by atoms with E-state index in [1.54, 1.807) is 0 Å². The van der Waals surface area contributed by atoms with Crippen LogP contribution in [0.25, 0.3) is 0 Å². The molecule has 2 heteroatoms. The number of hydrogen-bond donors (Lipinski definition) is 0. The second-order valence-corrected chi connectivity index (χ2v) is 7.32. The van der Waals surface area contributed by atoms with Crippen LogP contribution in [0.15, 0.2) is 30.3 Å². The molecule has 1 amide bonds. The topological polar surface area (TPSA) is 20.3 Å². The normalized spacial score (nSPS) is 21.6. The Balaban J connectivity index is 1.61. The first kappa shape index (κ1) is 14.6. The maximum Gasteiger partial charge on any atom is 0.229 e. The molecule has 3 rings (SSSR count). The van der Waals surface area contributed by atoms with Crippen molar-refractivity contribution in [2.24, 2.45) is 17.3 Å². The SMILES string of the molecule is CC(C)C1CCN(C(=O)C2(Cc3ccccc3)CC2)CC1. The van der Waals surface area contributed by atoms with Gasteiger partial charge < -0.3 is 4.90 Å². The van der Waals surface area contributed by atoms with Gasteiger partial charge in [-0.15, -0.1) is 0 Å². The van der Waals surface area contributed by atoms with Crippen molar-refractivity contribution in [2.45, 2.75) is 46.0 Å². The predicted molar refractivity (Wildman–Crippen MR) is 86.0 cm³/mol. The van der Waals surface area contributed by atoms with Gasteiger partial charge in [0, 0.05) is 13.1 Å². The van der Waals surface area contributed by atoms with Crippen LogP contribution in [0, 0.1) is 17.3 Å². The zero-order valence-corrected chi connectivity index (χ0v) is 13.3. The minimum atomic E-state index is -0.0635. The van der Waals surface area contributed by atoms with Crippen molar-refractivity contribution in [1.29, 1.82) is 0 Å². The molecule has 0 N–H and O–H groups in total. The van der Waals surface area contributed by atoms with Gasteiger partial charge in [0.25, 0.3) is 0 Å². The molecule has 1 aliphatic carbocycles. The number of rotatable bonds is 4. The van der Waals surface area contributed by atoms with Crippen LogP contribution in [0.3, 0.4) is 0 Å². The fourth-order valence-corrected chi connectivity index (χ4v) is 3.71. The number of amides is 1. The Morgan fingerprint density at radius 1 is 1.19 bits per heavy atom. The largest absolute Gasteiger partial charge is 0.342 e. The molecule has 1 saturated carbocycles. The van der Waals surface area contributed by atoms with E-state index in [1.807, 2.05) is 6.07 Å². The molecule has 0 radical (unpaired) electrons. The number of carbonyl (C=O) groups excluding carboxylic acids is 1. The lowest BCUT2D eigenvalue weighted by Crippen LogP contribution is -2.43. The lowest BCUT2D eigenvalue weighted by atomic mass is 9.85. The number of benzene rings is 1. The Kier molecular flexibility index (Phi) is 4.05. The number of nitrogens with zero attached hydrogens (tertiary/aromatic N) is 1. The van der Waals surface area contributed by atoms with Crippen molar-refractivity contribution in [3.05, 3.63) is 35.9 Å². The van der Waals surface area contributed by atoms with Gasteiger partial charge in [0.2, 0.25) is 5.91 Å². The van der Waals surface area contributed by atoms with Gasteiger partial charge in [-0.25, -0.2) is 0 Å². The number of hydrogen-bond acceptors (Lipinski definition) is 1. The smallest absolute Gasteiger partial charge is 0.229 e. The van der Waals surface area contributed by atoms with E-state index in [0.717, 1.165) is 44.2 Å². The van der Waals surface area contributed by atoms with Crippen LogP contribution in [0.1, 0.15) is 45.1 Å². The molecule has 1 aromatic rings. The van der Waals surface area contributed by atoms with Gasteiger partial charge in [-0.2, -0.15) is 0 Å². The van der Waals surface area contributed by atoms with Gasteiger partial charge in [0.1, 0.15) is 0 Å². The molecule has 1 aliphatic heterocycles. The quantitative estimate of drug-likeness (QED) is 0.821. The van der Waals surface area contributed by atoms with E-state index in [4.69, 9.17) is 0 Å². The highest BCUT2D eigenvalue weighted by Gasteiger charge is 2.51. The summed E-state index contributed by atoms with van der Waals surface area (Å²) in [7, 11) is 0. The Morgan fingerprint density at radius 2 is 1.81 bits per heavy atom. The summed E-state index contributed by atoms with van der Waals surface area (Å²) in [5.41, 5.74) is 1.24. The Hall–Kier alpha value is -1.31. The average molecular weight is 285 g/mol. The van der Waals surface area contributed by atoms with Gasteiger partial charge >= 0.3 is 0 Å². The molecule has 2 aliphatic rings. The molecule has 2 fully saturated rings. The maximum atomic E-state index is 12.9. The number of piperidine rings is 1. The lowest BCUT2D eigenvalue weighted by molar-refractivity contribution is -0.138. The third-order valence-corrected chi connectivity index (χ3v) is 5.46. The number of carbonyl (C=O) groups is 1. The van der Waals surface area contributed by atoms with Gasteiger partial charge in [-0.1, -0.05) is 44.2 Å². The summed E-state index contributed by atoms with van der Waals surface area (Å²) in [6, 6.07) is 10.5. The van der Waals surface area contributed by atoms with E-state index in [2.05, 4.69) is 43.0 Å². The molecule has 1 heterocycles. The minimum Gasteiger partial charge on any atom is -0.342 e. The summed E-state index contributed by atoms with van der Waals surface area (Å²) in [4.78, 5) is 15.0.